The molecule has 0 saturated carbocycles. The summed E-state index contributed by atoms with van der Waals surface area (Å²) in [4.78, 5) is 22.8. The zero-order valence-electron chi connectivity index (χ0n) is 11.4. The molecule has 2 aromatic rings. The van der Waals surface area contributed by atoms with Crippen LogP contribution >= 0.6 is 11.6 Å². The van der Waals surface area contributed by atoms with Crippen molar-refractivity contribution < 1.29 is 14.7 Å². The second-order valence-corrected chi connectivity index (χ2v) is 5.00. The molecular weight excluding hydrogens is 290 g/mol. The molecule has 0 aliphatic heterocycles. The second-order valence-electron chi connectivity index (χ2n) is 4.62. The highest BCUT2D eigenvalue weighted by Gasteiger charge is 2.11. The molecule has 21 heavy (non-hydrogen) atoms. The van der Waals surface area contributed by atoms with Gasteiger partial charge in [0.1, 0.15) is 0 Å². The van der Waals surface area contributed by atoms with Crippen molar-refractivity contribution in [2.45, 2.75) is 13.5 Å². The Bertz CT molecular complexity index is 680. The van der Waals surface area contributed by atoms with E-state index in [0.29, 0.717) is 17.1 Å². The van der Waals surface area contributed by atoms with Crippen molar-refractivity contribution in [1.29, 1.82) is 0 Å². The maximum atomic E-state index is 12.1. The number of aromatic carboxylic acids is 1. The lowest BCUT2D eigenvalue weighted by atomic mass is 10.1. The Morgan fingerprint density at radius 2 is 1.81 bits per heavy atom. The van der Waals surface area contributed by atoms with Crippen LogP contribution < -0.4 is 5.32 Å². The third-order valence-corrected chi connectivity index (χ3v) is 3.59. The summed E-state index contributed by atoms with van der Waals surface area (Å²) in [5.41, 5.74) is 2.30. The van der Waals surface area contributed by atoms with Gasteiger partial charge in [-0.3, -0.25) is 4.79 Å². The number of carbonyl (C=O) groups is 2. The van der Waals surface area contributed by atoms with Gasteiger partial charge in [-0.15, -0.1) is 0 Å². The largest absolute Gasteiger partial charge is 0.478 e. The highest BCUT2D eigenvalue weighted by molar-refractivity contribution is 6.34. The van der Waals surface area contributed by atoms with E-state index in [0.717, 1.165) is 11.1 Å². The number of aryl methyl sites for hydroxylation is 1. The average molecular weight is 304 g/mol. The lowest BCUT2D eigenvalue weighted by Crippen LogP contribution is -2.23. The van der Waals surface area contributed by atoms with E-state index < -0.39 is 5.97 Å². The van der Waals surface area contributed by atoms with Crippen LogP contribution in [0.25, 0.3) is 0 Å². The number of benzene rings is 2. The van der Waals surface area contributed by atoms with Gasteiger partial charge in [0.15, 0.2) is 0 Å². The molecule has 0 aromatic heterocycles. The third kappa shape index (κ3) is 3.61. The molecule has 0 aliphatic carbocycles. The van der Waals surface area contributed by atoms with Gasteiger partial charge in [0.05, 0.1) is 16.1 Å². The fourth-order valence-electron chi connectivity index (χ4n) is 1.87. The Balaban J connectivity index is 2.04. The third-order valence-electron chi connectivity index (χ3n) is 3.09. The number of amides is 1. The average Bonchev–Trinajstić information content (AvgIpc) is 2.48. The van der Waals surface area contributed by atoms with Crippen molar-refractivity contribution in [2.75, 3.05) is 0 Å². The Labute approximate surface area is 127 Å². The van der Waals surface area contributed by atoms with Crippen LogP contribution in [-0.2, 0) is 6.54 Å². The van der Waals surface area contributed by atoms with E-state index in [1.165, 1.54) is 12.1 Å². The smallest absolute Gasteiger partial charge is 0.335 e. The van der Waals surface area contributed by atoms with Crippen molar-refractivity contribution in [2.24, 2.45) is 0 Å². The minimum absolute atomic E-state index is 0.215. The van der Waals surface area contributed by atoms with Crippen LogP contribution in [0.1, 0.15) is 31.8 Å². The van der Waals surface area contributed by atoms with Crippen molar-refractivity contribution >= 4 is 23.5 Å². The number of rotatable bonds is 4. The second kappa shape index (κ2) is 6.41. The molecule has 0 saturated heterocycles. The van der Waals surface area contributed by atoms with Crippen LogP contribution in [0.3, 0.4) is 0 Å². The van der Waals surface area contributed by atoms with Crippen LogP contribution in [0.2, 0.25) is 5.02 Å². The molecule has 4 nitrogen and oxygen atoms in total. The first-order valence-corrected chi connectivity index (χ1v) is 6.72. The van der Waals surface area contributed by atoms with Gasteiger partial charge >= 0.3 is 5.97 Å². The van der Waals surface area contributed by atoms with E-state index in [4.69, 9.17) is 16.7 Å². The Morgan fingerprint density at radius 3 is 2.43 bits per heavy atom. The summed E-state index contributed by atoms with van der Waals surface area (Å²) in [5.74, 6) is -1.23. The lowest BCUT2D eigenvalue weighted by Gasteiger charge is -2.08. The minimum atomic E-state index is -0.975. The molecule has 0 bridgehead atoms. The maximum absolute atomic E-state index is 12.1. The van der Waals surface area contributed by atoms with Crippen LogP contribution in [-0.4, -0.2) is 17.0 Å². The van der Waals surface area contributed by atoms with Crippen molar-refractivity contribution in [3.63, 3.8) is 0 Å². The van der Waals surface area contributed by atoms with E-state index in [-0.39, 0.29) is 11.5 Å². The summed E-state index contributed by atoms with van der Waals surface area (Å²) in [6.45, 7) is 2.15. The molecule has 2 N–H and O–H groups in total. The molecule has 108 valence electrons. The monoisotopic (exact) mass is 303 g/mol. The van der Waals surface area contributed by atoms with Crippen LogP contribution in [0, 0.1) is 6.92 Å². The van der Waals surface area contributed by atoms with E-state index in [1.54, 1.807) is 24.3 Å². The first-order chi connectivity index (χ1) is 9.99. The van der Waals surface area contributed by atoms with E-state index >= 15 is 0 Å². The number of hydrogen-bond donors (Lipinski definition) is 2. The molecule has 0 aliphatic rings. The van der Waals surface area contributed by atoms with Gasteiger partial charge in [-0.05, 0) is 36.2 Å². The summed E-state index contributed by atoms with van der Waals surface area (Å²) in [5, 5.41) is 12.0. The molecular formula is C16H14ClNO3. The first-order valence-electron chi connectivity index (χ1n) is 6.34. The topological polar surface area (TPSA) is 66.4 Å². The number of carbonyl (C=O) groups excluding carboxylic acids is 1. The standard InChI is InChI=1S/C16H14ClNO3/c1-10-3-2-4-13(14(10)17)15(19)18-9-11-5-7-12(8-6-11)16(20)21/h2-8H,9H2,1H3,(H,18,19)(H,20,21). The number of carboxylic acid groups (broad SMARTS) is 1. The maximum Gasteiger partial charge on any atom is 0.335 e. The minimum Gasteiger partial charge on any atom is -0.478 e. The molecule has 0 fully saturated rings. The number of nitrogens with one attached hydrogen (secondary N) is 1. The van der Waals surface area contributed by atoms with Gasteiger partial charge in [-0.25, -0.2) is 4.79 Å². The Kier molecular flexibility index (Phi) is 4.60. The normalized spacial score (nSPS) is 10.2. The Morgan fingerprint density at radius 1 is 1.14 bits per heavy atom. The predicted octanol–water partition coefficient (Wildman–Crippen LogP) is 3.28. The van der Waals surface area contributed by atoms with Gasteiger partial charge in [0.2, 0.25) is 0 Å². The lowest BCUT2D eigenvalue weighted by molar-refractivity contribution is 0.0696. The molecule has 2 aromatic carbocycles. The quantitative estimate of drug-likeness (QED) is 0.911. The van der Waals surface area contributed by atoms with E-state index in [9.17, 15) is 9.59 Å². The summed E-state index contributed by atoms with van der Waals surface area (Å²) >= 11 is 6.10. The zero-order chi connectivity index (χ0) is 15.4. The fourth-order valence-corrected chi connectivity index (χ4v) is 2.08. The van der Waals surface area contributed by atoms with Gasteiger partial charge in [-0.2, -0.15) is 0 Å². The summed E-state index contributed by atoms with van der Waals surface area (Å²) < 4.78 is 0. The van der Waals surface area contributed by atoms with Gasteiger partial charge in [0.25, 0.3) is 5.91 Å². The zero-order valence-corrected chi connectivity index (χ0v) is 12.1. The molecule has 0 spiro atoms. The Hall–Kier alpha value is -2.33. The SMILES string of the molecule is Cc1cccc(C(=O)NCc2ccc(C(=O)O)cc2)c1Cl. The van der Waals surface area contributed by atoms with Gasteiger partial charge in [0, 0.05) is 6.54 Å². The first kappa shape index (κ1) is 15.1. The highest BCUT2D eigenvalue weighted by Crippen LogP contribution is 2.20. The molecule has 0 heterocycles. The summed E-state index contributed by atoms with van der Waals surface area (Å²) in [6, 6.07) is 11.6. The van der Waals surface area contributed by atoms with E-state index in [2.05, 4.69) is 5.32 Å². The van der Waals surface area contributed by atoms with Gasteiger partial charge < -0.3 is 10.4 Å². The predicted molar refractivity (Wildman–Crippen MR) is 80.8 cm³/mol. The van der Waals surface area contributed by atoms with Crippen LogP contribution in [0.4, 0.5) is 0 Å². The van der Waals surface area contributed by atoms with Crippen LogP contribution in [0.15, 0.2) is 42.5 Å². The molecule has 0 radical (unpaired) electrons. The fraction of sp³-hybridized carbons (Fsp3) is 0.125. The van der Waals surface area contributed by atoms with E-state index in [1.807, 2.05) is 13.0 Å². The molecule has 5 heteroatoms. The molecule has 2 rings (SSSR count). The summed E-state index contributed by atoms with van der Waals surface area (Å²) in [7, 11) is 0. The van der Waals surface area contributed by atoms with Crippen molar-refractivity contribution in [1.82, 2.24) is 5.32 Å². The molecule has 0 atom stereocenters. The molecule has 1 amide bonds. The number of carboxylic acids is 1. The number of hydrogen-bond acceptors (Lipinski definition) is 2. The van der Waals surface area contributed by atoms with Crippen LogP contribution in [0.5, 0.6) is 0 Å². The number of halogens is 1. The van der Waals surface area contributed by atoms with Crippen molar-refractivity contribution in [3.8, 4) is 0 Å². The highest BCUT2D eigenvalue weighted by atomic mass is 35.5. The molecule has 0 unspecified atom stereocenters. The summed E-state index contributed by atoms with van der Waals surface area (Å²) in [6.07, 6.45) is 0. The van der Waals surface area contributed by atoms with Crippen molar-refractivity contribution in [3.05, 3.63) is 69.7 Å². The van der Waals surface area contributed by atoms with Gasteiger partial charge in [-0.1, -0.05) is 35.9 Å².